The Kier molecular flexibility index (Phi) is 1.52. The summed E-state index contributed by atoms with van der Waals surface area (Å²) in [7, 11) is 0. The van der Waals surface area contributed by atoms with Crippen LogP contribution in [0.4, 0.5) is 0 Å². The van der Waals surface area contributed by atoms with E-state index in [9.17, 15) is 0 Å². The SMILES string of the molecule is C1=NCN=c2ccccc2=C1. The molecule has 0 fully saturated rings. The molecule has 0 bridgehead atoms. The Labute approximate surface area is 64.6 Å². The van der Waals surface area contributed by atoms with Gasteiger partial charge in [0.25, 0.3) is 0 Å². The van der Waals surface area contributed by atoms with Gasteiger partial charge >= 0.3 is 0 Å². The maximum absolute atomic E-state index is 4.26. The lowest BCUT2D eigenvalue weighted by atomic mass is 10.3. The van der Waals surface area contributed by atoms with E-state index in [4.69, 9.17) is 0 Å². The van der Waals surface area contributed by atoms with Crippen molar-refractivity contribution in [3.63, 3.8) is 0 Å². The number of hydrogen-bond donors (Lipinski definition) is 0. The lowest BCUT2D eigenvalue weighted by molar-refractivity contribution is 1.02. The van der Waals surface area contributed by atoms with Crippen molar-refractivity contribution >= 4 is 12.3 Å². The number of nitrogens with zero attached hydrogens (tertiary/aromatic N) is 2. The third-order valence-corrected chi connectivity index (χ3v) is 1.62. The Morgan fingerprint density at radius 1 is 1.18 bits per heavy atom. The molecule has 1 aromatic rings. The zero-order chi connectivity index (χ0) is 7.52. The van der Waals surface area contributed by atoms with Crippen molar-refractivity contribution in [2.75, 3.05) is 6.67 Å². The van der Waals surface area contributed by atoms with Crippen molar-refractivity contribution in [3.05, 3.63) is 34.8 Å². The minimum absolute atomic E-state index is 0.549. The largest absolute Gasteiger partial charge is 0.270 e. The number of rotatable bonds is 0. The standard InChI is InChI=1S/C9H8N2/c1-2-4-9-8(3-1)5-6-10-7-11-9/h1-6H,7H2. The Bertz CT molecular complexity index is 390. The zero-order valence-corrected chi connectivity index (χ0v) is 6.07. The minimum Gasteiger partial charge on any atom is -0.270 e. The van der Waals surface area contributed by atoms with E-state index in [1.54, 1.807) is 6.21 Å². The second kappa shape index (κ2) is 2.66. The van der Waals surface area contributed by atoms with Gasteiger partial charge in [0, 0.05) is 11.4 Å². The molecule has 54 valence electrons. The number of benzene rings is 1. The molecule has 0 atom stereocenters. The van der Waals surface area contributed by atoms with Crippen LogP contribution in [0.2, 0.25) is 0 Å². The van der Waals surface area contributed by atoms with Gasteiger partial charge in [-0.05, 0) is 12.1 Å². The van der Waals surface area contributed by atoms with Gasteiger partial charge < -0.3 is 0 Å². The first-order chi connectivity index (χ1) is 5.47. The van der Waals surface area contributed by atoms with Gasteiger partial charge in [0.05, 0.1) is 5.36 Å². The first-order valence-corrected chi connectivity index (χ1v) is 3.56. The smallest absolute Gasteiger partial charge is 0.130 e. The molecule has 0 N–H and O–H groups in total. The summed E-state index contributed by atoms with van der Waals surface area (Å²) in [6.07, 6.45) is 3.78. The van der Waals surface area contributed by atoms with Crippen LogP contribution in [0.15, 0.2) is 34.3 Å². The van der Waals surface area contributed by atoms with E-state index < -0.39 is 0 Å². The van der Waals surface area contributed by atoms with Crippen molar-refractivity contribution in [1.82, 2.24) is 0 Å². The molecule has 11 heavy (non-hydrogen) atoms. The molecule has 0 aromatic heterocycles. The number of para-hydroxylation sites is 1. The van der Waals surface area contributed by atoms with Crippen LogP contribution in [0.5, 0.6) is 0 Å². The van der Waals surface area contributed by atoms with Gasteiger partial charge in [0.2, 0.25) is 0 Å². The second-order valence-corrected chi connectivity index (χ2v) is 2.36. The topological polar surface area (TPSA) is 24.7 Å². The van der Waals surface area contributed by atoms with Gasteiger partial charge in [-0.3, -0.25) is 9.98 Å². The molecule has 0 saturated heterocycles. The van der Waals surface area contributed by atoms with Crippen molar-refractivity contribution in [3.8, 4) is 0 Å². The first-order valence-electron chi connectivity index (χ1n) is 3.56. The van der Waals surface area contributed by atoms with Crippen LogP contribution in [0.1, 0.15) is 0 Å². The van der Waals surface area contributed by atoms with Gasteiger partial charge in [0.15, 0.2) is 0 Å². The number of aliphatic imine (C=N–C) groups is 1. The van der Waals surface area contributed by atoms with Crippen LogP contribution < -0.4 is 10.6 Å². The quantitative estimate of drug-likeness (QED) is 0.494. The maximum Gasteiger partial charge on any atom is 0.130 e. The Balaban J connectivity index is 2.81. The summed E-state index contributed by atoms with van der Waals surface area (Å²) in [5, 5.41) is 2.18. The van der Waals surface area contributed by atoms with Gasteiger partial charge in [-0.2, -0.15) is 0 Å². The molecule has 2 rings (SSSR count). The Hall–Kier alpha value is -1.44. The van der Waals surface area contributed by atoms with Crippen LogP contribution in [-0.2, 0) is 0 Å². The van der Waals surface area contributed by atoms with Crippen molar-refractivity contribution in [2.24, 2.45) is 9.98 Å². The average molecular weight is 144 g/mol. The van der Waals surface area contributed by atoms with Crippen LogP contribution in [0.25, 0.3) is 6.08 Å². The molecular weight excluding hydrogens is 136 g/mol. The third-order valence-electron chi connectivity index (χ3n) is 1.62. The summed E-state index contributed by atoms with van der Waals surface area (Å²) in [4.78, 5) is 8.30. The molecule has 2 heteroatoms. The highest BCUT2D eigenvalue weighted by molar-refractivity contribution is 5.90. The van der Waals surface area contributed by atoms with Crippen LogP contribution in [-0.4, -0.2) is 12.9 Å². The van der Waals surface area contributed by atoms with E-state index in [2.05, 4.69) is 9.98 Å². The van der Waals surface area contributed by atoms with E-state index in [1.807, 2.05) is 30.3 Å². The molecule has 1 heterocycles. The Morgan fingerprint density at radius 2 is 2.09 bits per heavy atom. The highest BCUT2D eigenvalue weighted by Gasteiger charge is 1.85. The van der Waals surface area contributed by atoms with Gasteiger partial charge in [0.1, 0.15) is 6.67 Å². The summed E-state index contributed by atoms with van der Waals surface area (Å²) >= 11 is 0. The maximum atomic E-state index is 4.26. The Morgan fingerprint density at radius 3 is 3.09 bits per heavy atom. The normalized spacial score (nSPS) is 14.2. The number of fused-ring (bicyclic) bond motifs is 1. The molecule has 1 aliphatic heterocycles. The second-order valence-electron chi connectivity index (χ2n) is 2.36. The summed E-state index contributed by atoms with van der Waals surface area (Å²) in [6.45, 7) is 0.549. The first kappa shape index (κ1) is 6.28. The molecule has 0 spiro atoms. The third kappa shape index (κ3) is 1.19. The van der Waals surface area contributed by atoms with Crippen LogP contribution >= 0.6 is 0 Å². The zero-order valence-electron chi connectivity index (χ0n) is 6.07. The number of hydrogen-bond acceptors (Lipinski definition) is 2. The van der Waals surface area contributed by atoms with E-state index in [0.29, 0.717) is 6.67 Å². The molecule has 0 saturated carbocycles. The molecule has 0 radical (unpaired) electrons. The lowest BCUT2D eigenvalue weighted by Gasteiger charge is -1.84. The molecular formula is C9H8N2. The lowest BCUT2D eigenvalue weighted by Crippen LogP contribution is -2.23. The highest BCUT2D eigenvalue weighted by Crippen LogP contribution is 1.76. The van der Waals surface area contributed by atoms with Crippen molar-refractivity contribution in [1.29, 1.82) is 0 Å². The average Bonchev–Trinajstić information content (AvgIpc) is 2.28. The van der Waals surface area contributed by atoms with Gasteiger partial charge in [-0.15, -0.1) is 0 Å². The molecule has 1 aromatic carbocycles. The fourth-order valence-corrected chi connectivity index (χ4v) is 1.07. The van der Waals surface area contributed by atoms with E-state index in [-0.39, 0.29) is 0 Å². The summed E-state index contributed by atoms with van der Waals surface area (Å²) < 4.78 is 0. The summed E-state index contributed by atoms with van der Waals surface area (Å²) in [6, 6.07) is 8.03. The molecule has 2 nitrogen and oxygen atoms in total. The van der Waals surface area contributed by atoms with E-state index in [0.717, 1.165) is 10.6 Å². The predicted molar refractivity (Wildman–Crippen MR) is 45.0 cm³/mol. The predicted octanol–water partition coefficient (Wildman–Crippen LogP) is 0.129. The van der Waals surface area contributed by atoms with E-state index in [1.165, 1.54) is 0 Å². The van der Waals surface area contributed by atoms with Crippen molar-refractivity contribution < 1.29 is 0 Å². The van der Waals surface area contributed by atoms with Crippen molar-refractivity contribution in [2.45, 2.75) is 0 Å². The van der Waals surface area contributed by atoms with E-state index >= 15 is 0 Å². The van der Waals surface area contributed by atoms with Gasteiger partial charge in [-0.25, -0.2) is 0 Å². The summed E-state index contributed by atoms with van der Waals surface area (Å²) in [5.41, 5.74) is 0. The minimum atomic E-state index is 0.549. The van der Waals surface area contributed by atoms with Crippen LogP contribution in [0, 0.1) is 0 Å². The van der Waals surface area contributed by atoms with Crippen LogP contribution in [0.3, 0.4) is 0 Å². The molecule has 1 aliphatic rings. The molecule has 0 unspecified atom stereocenters. The monoisotopic (exact) mass is 144 g/mol. The highest BCUT2D eigenvalue weighted by atomic mass is 14.9. The fourth-order valence-electron chi connectivity index (χ4n) is 1.07. The molecule has 0 aliphatic carbocycles. The van der Waals surface area contributed by atoms with Gasteiger partial charge in [-0.1, -0.05) is 18.2 Å². The fraction of sp³-hybridized carbons (Fsp3) is 0.111. The summed E-state index contributed by atoms with van der Waals surface area (Å²) in [5.74, 6) is 0. The molecule has 0 amide bonds.